The molecule has 0 aliphatic heterocycles. The van der Waals surface area contributed by atoms with E-state index in [1.165, 1.54) is 19.2 Å². The van der Waals surface area contributed by atoms with Crippen molar-refractivity contribution < 1.29 is 22.8 Å². The van der Waals surface area contributed by atoms with Gasteiger partial charge in [0.25, 0.3) is 0 Å². The fraction of sp³-hybridized carbons (Fsp3) is 0.211. The third kappa shape index (κ3) is 5.32. The van der Waals surface area contributed by atoms with Gasteiger partial charge in [0.1, 0.15) is 19.6 Å². The standard InChI is InChI=1S/C19H19F3N4O2/c1-12(13-7-5-8-15(10-13)19(20,21)22)25-28-11-14-6-3-4-9-16(14)17(18(23)24)26-27-2/h3-10H,11H2,1-2H3,(H3,23,24)/b25-12?,26-17+. The second-order valence-electron chi connectivity index (χ2n) is 5.72. The number of alkyl halides is 3. The Hall–Kier alpha value is -3.36. The summed E-state index contributed by atoms with van der Waals surface area (Å²) in [6, 6.07) is 11.8. The van der Waals surface area contributed by atoms with E-state index in [0.717, 1.165) is 12.1 Å². The van der Waals surface area contributed by atoms with Gasteiger partial charge in [0, 0.05) is 11.1 Å². The molecule has 0 atom stereocenters. The third-order valence-corrected chi connectivity index (χ3v) is 3.74. The van der Waals surface area contributed by atoms with Crippen molar-refractivity contribution in [1.82, 2.24) is 0 Å². The molecule has 2 aromatic rings. The van der Waals surface area contributed by atoms with Crippen LogP contribution in [0.1, 0.15) is 29.2 Å². The van der Waals surface area contributed by atoms with Gasteiger partial charge in [-0.2, -0.15) is 13.2 Å². The molecule has 0 amide bonds. The average Bonchev–Trinajstić information content (AvgIpc) is 2.66. The van der Waals surface area contributed by atoms with Gasteiger partial charge in [-0.05, 0) is 24.6 Å². The number of hydrogen-bond donors (Lipinski definition) is 2. The number of rotatable bonds is 7. The largest absolute Gasteiger partial charge is 0.416 e. The number of benzene rings is 2. The van der Waals surface area contributed by atoms with Crippen LogP contribution >= 0.6 is 0 Å². The molecule has 6 nitrogen and oxygen atoms in total. The highest BCUT2D eigenvalue weighted by atomic mass is 19.4. The Morgan fingerprint density at radius 2 is 1.82 bits per heavy atom. The Kier molecular flexibility index (Phi) is 6.75. The minimum Gasteiger partial charge on any atom is -0.399 e. The first-order valence-electron chi connectivity index (χ1n) is 8.12. The van der Waals surface area contributed by atoms with E-state index in [2.05, 4.69) is 10.3 Å². The maximum absolute atomic E-state index is 12.8. The van der Waals surface area contributed by atoms with Crippen LogP contribution < -0.4 is 5.73 Å². The lowest BCUT2D eigenvalue weighted by atomic mass is 10.0. The van der Waals surface area contributed by atoms with Gasteiger partial charge >= 0.3 is 6.18 Å². The first-order valence-corrected chi connectivity index (χ1v) is 8.12. The Bertz CT molecular complexity index is 908. The molecule has 0 aromatic heterocycles. The van der Waals surface area contributed by atoms with E-state index >= 15 is 0 Å². The van der Waals surface area contributed by atoms with Gasteiger partial charge in [-0.1, -0.05) is 46.7 Å². The molecule has 2 aromatic carbocycles. The summed E-state index contributed by atoms with van der Waals surface area (Å²) in [5, 5.41) is 15.3. The zero-order chi connectivity index (χ0) is 20.7. The lowest BCUT2D eigenvalue weighted by Gasteiger charge is -2.11. The number of amidine groups is 1. The summed E-state index contributed by atoms with van der Waals surface area (Å²) in [6.45, 7) is 1.55. The summed E-state index contributed by atoms with van der Waals surface area (Å²) >= 11 is 0. The van der Waals surface area contributed by atoms with Gasteiger partial charge in [-0.15, -0.1) is 0 Å². The maximum Gasteiger partial charge on any atom is 0.416 e. The molecular formula is C19H19F3N4O2. The van der Waals surface area contributed by atoms with E-state index in [4.69, 9.17) is 20.8 Å². The molecule has 0 fully saturated rings. The third-order valence-electron chi connectivity index (χ3n) is 3.74. The van der Waals surface area contributed by atoms with Crippen LogP contribution in [0.15, 0.2) is 58.8 Å². The highest BCUT2D eigenvalue weighted by Crippen LogP contribution is 2.29. The topological polar surface area (TPSA) is 93.0 Å². The van der Waals surface area contributed by atoms with Crippen molar-refractivity contribution in [2.45, 2.75) is 19.7 Å². The summed E-state index contributed by atoms with van der Waals surface area (Å²) < 4.78 is 38.5. The predicted molar refractivity (Wildman–Crippen MR) is 100 cm³/mol. The van der Waals surface area contributed by atoms with Gasteiger partial charge < -0.3 is 15.4 Å². The zero-order valence-corrected chi connectivity index (χ0v) is 15.2. The van der Waals surface area contributed by atoms with E-state index in [0.29, 0.717) is 22.4 Å². The van der Waals surface area contributed by atoms with Crippen LogP contribution in [0.5, 0.6) is 0 Å². The minimum absolute atomic E-state index is 0.00247. The summed E-state index contributed by atoms with van der Waals surface area (Å²) in [4.78, 5) is 10.0. The summed E-state index contributed by atoms with van der Waals surface area (Å²) in [5.74, 6) is -0.280. The predicted octanol–water partition coefficient (Wildman–Crippen LogP) is 3.93. The van der Waals surface area contributed by atoms with Crippen molar-refractivity contribution in [2.24, 2.45) is 16.0 Å². The molecule has 148 valence electrons. The molecule has 0 aliphatic carbocycles. The molecule has 0 heterocycles. The number of hydrogen-bond acceptors (Lipinski definition) is 5. The highest BCUT2D eigenvalue weighted by molar-refractivity contribution is 6.46. The van der Waals surface area contributed by atoms with E-state index in [1.54, 1.807) is 31.2 Å². The Morgan fingerprint density at radius 1 is 1.11 bits per heavy atom. The second-order valence-corrected chi connectivity index (χ2v) is 5.72. The van der Waals surface area contributed by atoms with Crippen LogP contribution in [0, 0.1) is 5.41 Å². The van der Waals surface area contributed by atoms with Crippen molar-refractivity contribution in [3.05, 3.63) is 70.8 Å². The molecule has 0 saturated carbocycles. The number of nitrogens with two attached hydrogens (primary N) is 1. The van der Waals surface area contributed by atoms with Crippen molar-refractivity contribution in [3.63, 3.8) is 0 Å². The van der Waals surface area contributed by atoms with Crippen molar-refractivity contribution in [3.8, 4) is 0 Å². The van der Waals surface area contributed by atoms with Crippen LogP contribution in [0.3, 0.4) is 0 Å². The van der Waals surface area contributed by atoms with Crippen LogP contribution in [-0.2, 0) is 22.5 Å². The molecule has 3 N–H and O–H groups in total. The summed E-state index contributed by atoms with van der Waals surface area (Å²) in [6.07, 6.45) is -4.43. The fourth-order valence-electron chi connectivity index (χ4n) is 2.38. The van der Waals surface area contributed by atoms with Gasteiger partial charge in [-0.3, -0.25) is 5.41 Å². The summed E-state index contributed by atoms with van der Waals surface area (Å²) in [7, 11) is 1.34. The smallest absolute Gasteiger partial charge is 0.399 e. The van der Waals surface area contributed by atoms with E-state index in [1.807, 2.05) is 0 Å². The quantitative estimate of drug-likeness (QED) is 0.425. The lowest BCUT2D eigenvalue weighted by Crippen LogP contribution is -2.25. The zero-order valence-electron chi connectivity index (χ0n) is 15.2. The molecule has 0 aliphatic rings. The molecular weight excluding hydrogens is 373 g/mol. The molecule has 28 heavy (non-hydrogen) atoms. The number of nitrogens with one attached hydrogen (secondary N) is 1. The van der Waals surface area contributed by atoms with Gasteiger partial charge in [0.15, 0.2) is 5.71 Å². The normalized spacial score (nSPS) is 12.6. The number of halogens is 3. The van der Waals surface area contributed by atoms with Crippen molar-refractivity contribution >= 4 is 17.3 Å². The van der Waals surface area contributed by atoms with E-state index < -0.39 is 11.7 Å². The monoisotopic (exact) mass is 392 g/mol. The molecule has 2 rings (SSSR count). The van der Waals surface area contributed by atoms with Crippen molar-refractivity contribution in [2.75, 3.05) is 7.11 Å². The lowest BCUT2D eigenvalue weighted by molar-refractivity contribution is -0.137. The maximum atomic E-state index is 12.8. The van der Waals surface area contributed by atoms with Gasteiger partial charge in [0.05, 0.1) is 11.3 Å². The van der Waals surface area contributed by atoms with E-state index in [9.17, 15) is 13.2 Å². The van der Waals surface area contributed by atoms with Gasteiger partial charge in [-0.25, -0.2) is 0 Å². The number of nitrogens with zero attached hydrogens (tertiary/aromatic N) is 2. The van der Waals surface area contributed by atoms with Crippen LogP contribution in [0.25, 0.3) is 0 Å². The van der Waals surface area contributed by atoms with Crippen LogP contribution in [0.2, 0.25) is 0 Å². The van der Waals surface area contributed by atoms with Gasteiger partial charge in [0.2, 0.25) is 0 Å². The Morgan fingerprint density at radius 3 is 2.46 bits per heavy atom. The molecule has 9 heteroatoms. The first kappa shape index (κ1) is 20.9. The second kappa shape index (κ2) is 9.03. The van der Waals surface area contributed by atoms with Crippen molar-refractivity contribution in [1.29, 1.82) is 5.41 Å². The minimum atomic E-state index is -4.43. The molecule has 0 radical (unpaired) electrons. The number of oxime groups is 2. The molecule has 0 bridgehead atoms. The molecule has 0 spiro atoms. The SMILES string of the molecule is CO/N=C(/C(=N)N)c1ccccc1CON=C(C)c1cccc(C(F)(F)F)c1. The summed E-state index contributed by atoms with van der Waals surface area (Å²) in [5.41, 5.74) is 6.68. The van der Waals surface area contributed by atoms with E-state index in [-0.39, 0.29) is 18.2 Å². The Labute approximate surface area is 159 Å². The molecule has 0 unspecified atom stereocenters. The molecule has 0 saturated heterocycles. The Balaban J connectivity index is 2.19. The first-order chi connectivity index (χ1) is 13.2. The van der Waals surface area contributed by atoms with Crippen LogP contribution in [-0.4, -0.2) is 24.4 Å². The van der Waals surface area contributed by atoms with Crippen LogP contribution in [0.4, 0.5) is 13.2 Å². The highest BCUT2D eigenvalue weighted by Gasteiger charge is 2.30. The fourth-order valence-corrected chi connectivity index (χ4v) is 2.38. The average molecular weight is 392 g/mol.